The van der Waals surface area contributed by atoms with Crippen LogP contribution in [0.25, 0.3) is 0 Å². The molecule has 22 heavy (non-hydrogen) atoms. The number of ether oxygens (including phenoxy) is 1. The van der Waals surface area contributed by atoms with Gasteiger partial charge in [-0.3, -0.25) is 4.79 Å². The van der Waals surface area contributed by atoms with Crippen molar-refractivity contribution >= 4 is 11.7 Å². The highest BCUT2D eigenvalue weighted by Gasteiger charge is 2.24. The molecule has 0 saturated carbocycles. The van der Waals surface area contributed by atoms with Crippen LogP contribution in [0.5, 0.6) is 0 Å². The van der Waals surface area contributed by atoms with Crippen molar-refractivity contribution in [3.05, 3.63) is 23.4 Å². The minimum absolute atomic E-state index is 0.153. The molecule has 122 valence electrons. The van der Waals surface area contributed by atoms with E-state index in [2.05, 4.69) is 24.8 Å². The monoisotopic (exact) mass is 305 g/mol. The largest absolute Gasteiger partial charge is 0.384 e. The molecular formula is C17H27N3O2. The summed E-state index contributed by atoms with van der Waals surface area (Å²) in [4.78, 5) is 21.3. The molecule has 5 heteroatoms. The van der Waals surface area contributed by atoms with E-state index in [4.69, 9.17) is 9.72 Å². The molecule has 1 aliphatic rings. The molecule has 2 heterocycles. The summed E-state index contributed by atoms with van der Waals surface area (Å²) in [5.74, 6) is 1.75. The Labute approximate surface area is 133 Å². The molecule has 1 amide bonds. The van der Waals surface area contributed by atoms with Crippen LogP contribution in [0, 0.1) is 12.8 Å². The van der Waals surface area contributed by atoms with Crippen molar-refractivity contribution in [3.63, 3.8) is 0 Å². The maximum absolute atomic E-state index is 12.3. The Morgan fingerprint density at radius 1 is 1.36 bits per heavy atom. The van der Waals surface area contributed by atoms with Crippen LogP contribution < -0.4 is 4.90 Å². The van der Waals surface area contributed by atoms with Gasteiger partial charge in [0, 0.05) is 44.5 Å². The Balaban J connectivity index is 2.22. The SMILES string of the molecule is COCCC(=O)N1CCN(CC(C)C)c2nc(C)ccc2C1. The molecule has 0 bridgehead atoms. The summed E-state index contributed by atoms with van der Waals surface area (Å²) in [5, 5.41) is 0. The molecule has 2 rings (SSSR count). The highest BCUT2D eigenvalue weighted by atomic mass is 16.5. The summed E-state index contributed by atoms with van der Waals surface area (Å²) in [6, 6.07) is 4.13. The van der Waals surface area contributed by atoms with Gasteiger partial charge in [0.05, 0.1) is 13.0 Å². The predicted molar refractivity (Wildman–Crippen MR) is 87.9 cm³/mol. The van der Waals surface area contributed by atoms with Gasteiger partial charge in [-0.15, -0.1) is 0 Å². The van der Waals surface area contributed by atoms with Crippen LogP contribution in [0.2, 0.25) is 0 Å². The lowest BCUT2D eigenvalue weighted by Crippen LogP contribution is -2.37. The lowest BCUT2D eigenvalue weighted by Gasteiger charge is -2.25. The van der Waals surface area contributed by atoms with Crippen LogP contribution in [0.15, 0.2) is 12.1 Å². The van der Waals surface area contributed by atoms with E-state index in [0.29, 0.717) is 25.5 Å². The molecular weight excluding hydrogens is 278 g/mol. The molecule has 5 nitrogen and oxygen atoms in total. The summed E-state index contributed by atoms with van der Waals surface area (Å²) in [6.07, 6.45) is 0.440. The van der Waals surface area contributed by atoms with E-state index in [9.17, 15) is 4.79 Å². The smallest absolute Gasteiger partial charge is 0.225 e. The van der Waals surface area contributed by atoms with Crippen molar-refractivity contribution in [1.29, 1.82) is 0 Å². The number of carbonyl (C=O) groups is 1. The Bertz CT molecular complexity index is 517. The minimum Gasteiger partial charge on any atom is -0.384 e. The lowest BCUT2D eigenvalue weighted by atomic mass is 10.1. The molecule has 0 aromatic carbocycles. The van der Waals surface area contributed by atoms with Gasteiger partial charge in [-0.1, -0.05) is 19.9 Å². The van der Waals surface area contributed by atoms with Crippen molar-refractivity contribution in [3.8, 4) is 0 Å². The zero-order chi connectivity index (χ0) is 16.1. The number of aromatic nitrogens is 1. The third-order valence-electron chi connectivity index (χ3n) is 3.85. The quantitative estimate of drug-likeness (QED) is 0.837. The fourth-order valence-corrected chi connectivity index (χ4v) is 2.78. The van der Waals surface area contributed by atoms with E-state index in [1.807, 2.05) is 17.9 Å². The first-order chi connectivity index (χ1) is 10.5. The van der Waals surface area contributed by atoms with Gasteiger partial charge < -0.3 is 14.5 Å². The number of hydrogen-bond donors (Lipinski definition) is 0. The van der Waals surface area contributed by atoms with Gasteiger partial charge in [0.1, 0.15) is 5.82 Å². The Hall–Kier alpha value is -1.62. The second-order valence-corrected chi connectivity index (χ2v) is 6.33. The maximum Gasteiger partial charge on any atom is 0.225 e. The molecule has 0 fully saturated rings. The normalized spacial score (nSPS) is 15.0. The van der Waals surface area contributed by atoms with Crippen molar-refractivity contribution in [2.24, 2.45) is 5.92 Å². The number of hydrogen-bond acceptors (Lipinski definition) is 4. The van der Waals surface area contributed by atoms with Gasteiger partial charge in [0.25, 0.3) is 0 Å². The van der Waals surface area contributed by atoms with Gasteiger partial charge >= 0.3 is 0 Å². The number of aryl methyl sites for hydroxylation is 1. The molecule has 0 unspecified atom stereocenters. The van der Waals surface area contributed by atoms with Crippen LogP contribution in [0.4, 0.5) is 5.82 Å². The van der Waals surface area contributed by atoms with Crippen molar-refractivity contribution in [2.75, 3.05) is 38.3 Å². The van der Waals surface area contributed by atoms with Crippen LogP contribution in [-0.2, 0) is 16.1 Å². The first-order valence-corrected chi connectivity index (χ1v) is 7.99. The molecule has 0 spiro atoms. The Morgan fingerprint density at radius 2 is 2.14 bits per heavy atom. The van der Waals surface area contributed by atoms with Crippen LogP contribution >= 0.6 is 0 Å². The molecule has 0 radical (unpaired) electrons. The van der Waals surface area contributed by atoms with Crippen LogP contribution in [0.3, 0.4) is 0 Å². The van der Waals surface area contributed by atoms with Gasteiger partial charge in [-0.25, -0.2) is 4.98 Å². The van der Waals surface area contributed by atoms with E-state index in [-0.39, 0.29) is 5.91 Å². The number of methoxy groups -OCH3 is 1. The molecule has 0 N–H and O–H groups in total. The third-order valence-corrected chi connectivity index (χ3v) is 3.85. The summed E-state index contributed by atoms with van der Waals surface area (Å²) < 4.78 is 5.02. The predicted octanol–water partition coefficient (Wildman–Crippen LogP) is 2.23. The van der Waals surface area contributed by atoms with Gasteiger partial charge in [-0.05, 0) is 18.9 Å². The van der Waals surface area contributed by atoms with Crippen molar-refractivity contribution in [1.82, 2.24) is 9.88 Å². The molecule has 0 saturated heterocycles. The number of amides is 1. The lowest BCUT2D eigenvalue weighted by molar-refractivity contribution is -0.132. The van der Waals surface area contributed by atoms with Gasteiger partial charge in [0.2, 0.25) is 5.91 Å². The molecule has 0 atom stereocenters. The zero-order valence-corrected chi connectivity index (χ0v) is 14.1. The number of fused-ring (bicyclic) bond motifs is 1. The first-order valence-electron chi connectivity index (χ1n) is 7.99. The fraction of sp³-hybridized carbons (Fsp3) is 0.647. The summed E-state index contributed by atoms with van der Waals surface area (Å²) in [7, 11) is 1.63. The summed E-state index contributed by atoms with van der Waals surface area (Å²) >= 11 is 0. The van der Waals surface area contributed by atoms with E-state index in [0.717, 1.165) is 36.7 Å². The summed E-state index contributed by atoms with van der Waals surface area (Å²) in [5.41, 5.74) is 2.15. The van der Waals surface area contributed by atoms with Crippen molar-refractivity contribution in [2.45, 2.75) is 33.7 Å². The average molecular weight is 305 g/mol. The van der Waals surface area contributed by atoms with Gasteiger partial charge in [-0.2, -0.15) is 0 Å². The summed E-state index contributed by atoms with van der Waals surface area (Å²) in [6.45, 7) is 10.1. The second-order valence-electron chi connectivity index (χ2n) is 6.33. The second kappa shape index (κ2) is 7.58. The van der Waals surface area contributed by atoms with E-state index in [1.54, 1.807) is 7.11 Å². The van der Waals surface area contributed by atoms with Crippen LogP contribution in [-0.4, -0.2) is 49.1 Å². The number of anilines is 1. The molecule has 1 aromatic heterocycles. The fourth-order valence-electron chi connectivity index (χ4n) is 2.78. The number of nitrogens with zero attached hydrogens (tertiary/aromatic N) is 3. The number of carbonyl (C=O) groups excluding carboxylic acids is 1. The first kappa shape index (κ1) is 16.7. The van der Waals surface area contributed by atoms with Crippen LogP contribution in [0.1, 0.15) is 31.5 Å². The van der Waals surface area contributed by atoms with E-state index in [1.165, 1.54) is 0 Å². The average Bonchev–Trinajstić information content (AvgIpc) is 2.64. The number of pyridine rings is 1. The number of rotatable bonds is 5. The standard InChI is InChI=1S/C17H27N3O2/c1-13(2)11-20-9-8-19(16(21)7-10-22-4)12-15-6-5-14(3)18-17(15)20/h5-6,13H,7-12H2,1-4H3. The molecule has 0 aliphatic carbocycles. The highest BCUT2D eigenvalue weighted by Crippen LogP contribution is 2.24. The van der Waals surface area contributed by atoms with Gasteiger partial charge in [0.15, 0.2) is 0 Å². The van der Waals surface area contributed by atoms with E-state index >= 15 is 0 Å². The Morgan fingerprint density at radius 3 is 2.82 bits per heavy atom. The van der Waals surface area contributed by atoms with E-state index < -0.39 is 0 Å². The minimum atomic E-state index is 0.153. The topological polar surface area (TPSA) is 45.7 Å². The third kappa shape index (κ3) is 4.19. The zero-order valence-electron chi connectivity index (χ0n) is 14.1. The maximum atomic E-state index is 12.3. The molecule has 1 aromatic rings. The van der Waals surface area contributed by atoms with Crippen molar-refractivity contribution < 1.29 is 9.53 Å². The Kier molecular flexibility index (Phi) is 5.77. The highest BCUT2D eigenvalue weighted by molar-refractivity contribution is 5.76. The molecule has 1 aliphatic heterocycles.